The smallest absolute Gasteiger partial charge is 0.261 e. The maximum Gasteiger partial charge on any atom is 0.261 e. The van der Waals surface area contributed by atoms with Crippen LogP contribution >= 0.6 is 34.5 Å². The van der Waals surface area contributed by atoms with Crippen molar-refractivity contribution < 1.29 is 13.2 Å². The second-order valence-corrected chi connectivity index (χ2v) is 11.7. The number of rotatable bonds is 4. The number of carbonyl (C=O) groups excluding carboxylic acids is 1. The first kappa shape index (κ1) is 20.2. The molecule has 1 aliphatic heterocycles. The molecule has 2 aromatic heterocycles. The van der Waals surface area contributed by atoms with Gasteiger partial charge in [-0.2, -0.15) is 4.37 Å². The van der Waals surface area contributed by atoms with Gasteiger partial charge in [-0.1, -0.05) is 11.6 Å². The van der Waals surface area contributed by atoms with Gasteiger partial charge < -0.3 is 11.1 Å². The molecule has 0 aromatic carbocycles. The predicted octanol–water partition coefficient (Wildman–Crippen LogP) is 2.57. The number of halogens is 1. The lowest BCUT2D eigenvalue weighted by molar-refractivity contribution is 0.0954. The average molecular weight is 447 g/mol. The van der Waals surface area contributed by atoms with Crippen LogP contribution in [0.25, 0.3) is 0 Å². The summed E-state index contributed by atoms with van der Waals surface area (Å²) < 4.78 is 28.3. The molecule has 0 radical (unpaired) electrons. The number of amides is 1. The van der Waals surface area contributed by atoms with E-state index in [9.17, 15) is 13.2 Å². The number of aliphatic imine (C=N–C) groups is 1. The zero-order valence-electron chi connectivity index (χ0n) is 14.9. The molecule has 1 atom stereocenters. The molecule has 0 spiro atoms. The highest BCUT2D eigenvalue weighted by Crippen LogP contribution is 2.43. The Kier molecular flexibility index (Phi) is 5.13. The Bertz CT molecular complexity index is 1010. The van der Waals surface area contributed by atoms with E-state index in [1.165, 1.54) is 31.4 Å². The molecule has 27 heavy (non-hydrogen) atoms. The number of nitrogens with one attached hydrogen (secondary N) is 1. The molecule has 0 saturated carbocycles. The fourth-order valence-electron chi connectivity index (χ4n) is 2.69. The molecule has 0 fully saturated rings. The minimum Gasteiger partial charge on any atom is -0.386 e. The van der Waals surface area contributed by atoms with Gasteiger partial charge in [0.2, 0.25) is 0 Å². The molecule has 1 aliphatic rings. The lowest BCUT2D eigenvalue weighted by Crippen LogP contribution is -2.54. The van der Waals surface area contributed by atoms with Gasteiger partial charge in [0.15, 0.2) is 9.84 Å². The van der Waals surface area contributed by atoms with Crippen molar-refractivity contribution in [2.45, 2.75) is 37.6 Å². The van der Waals surface area contributed by atoms with Crippen molar-refractivity contribution in [3.63, 3.8) is 0 Å². The number of hydrogen-bond acceptors (Lipinski definition) is 8. The molecule has 146 valence electrons. The van der Waals surface area contributed by atoms with Crippen molar-refractivity contribution in [3.8, 4) is 0 Å². The van der Waals surface area contributed by atoms with Gasteiger partial charge in [0.05, 0.1) is 32.8 Å². The lowest BCUT2D eigenvalue weighted by atomic mass is 10.0. The van der Waals surface area contributed by atoms with E-state index in [1.54, 1.807) is 6.92 Å². The fourth-order valence-corrected chi connectivity index (χ4v) is 6.55. The van der Waals surface area contributed by atoms with Gasteiger partial charge in [0, 0.05) is 5.38 Å². The molecule has 11 heteroatoms. The van der Waals surface area contributed by atoms with E-state index in [4.69, 9.17) is 17.3 Å². The summed E-state index contributed by atoms with van der Waals surface area (Å²) in [5.41, 5.74) is 5.60. The van der Waals surface area contributed by atoms with Gasteiger partial charge in [0.25, 0.3) is 5.91 Å². The Morgan fingerprint density at radius 1 is 1.41 bits per heavy atom. The monoisotopic (exact) mass is 446 g/mol. The summed E-state index contributed by atoms with van der Waals surface area (Å²) >= 11 is 8.77. The van der Waals surface area contributed by atoms with Crippen LogP contribution in [0.15, 0.2) is 22.5 Å². The normalized spacial score (nSPS) is 23.6. The number of hydrogen-bond donors (Lipinski definition) is 2. The van der Waals surface area contributed by atoms with E-state index in [0.717, 1.165) is 17.0 Å². The molecular formula is C16H19ClN4O3S3. The summed E-state index contributed by atoms with van der Waals surface area (Å²) in [7, 11) is -3.55. The SMILES string of the molecule is CC1(c2sc(C(=O)NCc3ccsn3)cc2Cl)CS(=O)(=O)C(C)(C)C(N)=N1. The van der Waals surface area contributed by atoms with Crippen LogP contribution in [0.1, 0.15) is 41.0 Å². The summed E-state index contributed by atoms with van der Waals surface area (Å²) in [5.74, 6) is -0.496. The predicted molar refractivity (Wildman–Crippen MR) is 109 cm³/mol. The third-order valence-corrected chi connectivity index (χ3v) is 9.65. The van der Waals surface area contributed by atoms with E-state index in [0.29, 0.717) is 21.3 Å². The molecule has 1 amide bonds. The molecule has 0 aliphatic carbocycles. The van der Waals surface area contributed by atoms with Crippen molar-refractivity contribution in [1.29, 1.82) is 0 Å². The van der Waals surface area contributed by atoms with Crippen LogP contribution < -0.4 is 11.1 Å². The van der Waals surface area contributed by atoms with Crippen molar-refractivity contribution >= 4 is 56.1 Å². The summed E-state index contributed by atoms with van der Waals surface area (Å²) in [6.45, 7) is 5.04. The van der Waals surface area contributed by atoms with Crippen molar-refractivity contribution in [2.75, 3.05) is 5.75 Å². The van der Waals surface area contributed by atoms with Gasteiger partial charge in [-0.05, 0) is 44.4 Å². The maximum absolute atomic E-state index is 12.7. The van der Waals surface area contributed by atoms with Gasteiger partial charge >= 0.3 is 0 Å². The van der Waals surface area contributed by atoms with Crippen molar-refractivity contribution in [3.05, 3.63) is 38.0 Å². The second-order valence-electron chi connectivity index (χ2n) is 7.00. The average Bonchev–Trinajstić information content (AvgIpc) is 3.20. The second kappa shape index (κ2) is 6.84. The van der Waals surface area contributed by atoms with Crippen LogP contribution in [0.5, 0.6) is 0 Å². The van der Waals surface area contributed by atoms with Crippen LogP contribution in [0, 0.1) is 0 Å². The highest BCUT2D eigenvalue weighted by Gasteiger charge is 2.49. The number of nitrogens with two attached hydrogens (primary N) is 1. The molecule has 3 N–H and O–H groups in total. The van der Waals surface area contributed by atoms with E-state index >= 15 is 0 Å². The first-order chi connectivity index (χ1) is 12.5. The van der Waals surface area contributed by atoms with E-state index in [2.05, 4.69) is 14.7 Å². The lowest BCUT2D eigenvalue weighted by Gasteiger charge is -2.37. The van der Waals surface area contributed by atoms with Gasteiger partial charge in [-0.15, -0.1) is 11.3 Å². The number of carbonyl (C=O) groups is 1. The molecule has 1 unspecified atom stereocenters. The highest BCUT2D eigenvalue weighted by molar-refractivity contribution is 7.93. The maximum atomic E-state index is 12.7. The Balaban J connectivity index is 1.90. The fraction of sp³-hybridized carbons (Fsp3) is 0.438. The number of aromatic nitrogens is 1. The highest BCUT2D eigenvalue weighted by atomic mass is 35.5. The Labute approximate surface area is 170 Å². The third kappa shape index (κ3) is 3.63. The summed E-state index contributed by atoms with van der Waals surface area (Å²) in [5, 5.41) is 4.90. The zero-order valence-corrected chi connectivity index (χ0v) is 18.2. The van der Waals surface area contributed by atoms with Crippen LogP contribution in [0.3, 0.4) is 0 Å². The number of sulfone groups is 1. The van der Waals surface area contributed by atoms with Gasteiger partial charge in [0.1, 0.15) is 16.1 Å². The van der Waals surface area contributed by atoms with Crippen LogP contribution in [0.2, 0.25) is 5.02 Å². The first-order valence-electron chi connectivity index (χ1n) is 8.02. The number of nitrogens with zero attached hydrogens (tertiary/aromatic N) is 2. The topological polar surface area (TPSA) is 115 Å². The van der Waals surface area contributed by atoms with E-state index in [1.807, 2.05) is 11.4 Å². The summed E-state index contributed by atoms with van der Waals surface area (Å²) in [4.78, 5) is 17.8. The Morgan fingerprint density at radius 2 is 2.11 bits per heavy atom. The molecule has 7 nitrogen and oxygen atoms in total. The van der Waals surface area contributed by atoms with E-state index in [-0.39, 0.29) is 17.5 Å². The van der Waals surface area contributed by atoms with Crippen LogP contribution in [-0.2, 0) is 21.9 Å². The minimum absolute atomic E-state index is 0.0373. The van der Waals surface area contributed by atoms with Crippen LogP contribution in [0.4, 0.5) is 0 Å². The molecular weight excluding hydrogens is 428 g/mol. The van der Waals surface area contributed by atoms with Crippen molar-refractivity contribution in [1.82, 2.24) is 9.69 Å². The Morgan fingerprint density at radius 3 is 2.70 bits per heavy atom. The molecule has 3 rings (SSSR count). The molecule has 0 saturated heterocycles. The Hall–Kier alpha value is -1.49. The van der Waals surface area contributed by atoms with Crippen LogP contribution in [-0.4, -0.2) is 35.0 Å². The number of thiophene rings is 1. The van der Waals surface area contributed by atoms with Crippen molar-refractivity contribution in [2.24, 2.45) is 10.7 Å². The minimum atomic E-state index is -3.55. The first-order valence-corrected chi connectivity index (χ1v) is 11.7. The molecule has 0 bridgehead atoms. The zero-order chi connectivity index (χ0) is 20.0. The molecule has 2 aromatic rings. The largest absolute Gasteiger partial charge is 0.386 e. The third-order valence-electron chi connectivity index (χ3n) is 4.55. The quantitative estimate of drug-likeness (QED) is 0.748. The number of amidine groups is 1. The van der Waals surface area contributed by atoms with Gasteiger partial charge in [-0.3, -0.25) is 9.79 Å². The van der Waals surface area contributed by atoms with E-state index < -0.39 is 20.1 Å². The summed E-state index contributed by atoms with van der Waals surface area (Å²) in [6, 6.07) is 3.35. The summed E-state index contributed by atoms with van der Waals surface area (Å²) in [6.07, 6.45) is 0. The molecule has 3 heterocycles. The standard InChI is InChI=1S/C16H19ClN4O3S3/c1-15(2)14(18)20-16(3,8-27(15,23)24)12-10(17)6-11(26-12)13(22)19-7-9-4-5-25-21-9/h4-6H,7-8H2,1-3H3,(H2,18,20)(H,19,22). The van der Waals surface area contributed by atoms with Gasteiger partial charge in [-0.25, -0.2) is 8.42 Å².